The van der Waals surface area contributed by atoms with Crippen molar-refractivity contribution in [1.29, 1.82) is 0 Å². The molecule has 2 aromatic carbocycles. The molecule has 2 unspecified atom stereocenters. The van der Waals surface area contributed by atoms with Gasteiger partial charge in [0.15, 0.2) is 0 Å². The minimum Gasteiger partial charge on any atom is -0.492 e. The summed E-state index contributed by atoms with van der Waals surface area (Å²) < 4.78 is 31.8. The summed E-state index contributed by atoms with van der Waals surface area (Å²) in [7, 11) is -3.20. The molecular formula is C22H31ClN2O3S. The fourth-order valence-corrected chi connectivity index (χ4v) is 4.90. The molecule has 1 aliphatic carbocycles. The normalized spacial score (nSPS) is 18.6. The number of fused-ring (bicyclic) bond motifs is 1. The molecule has 160 valence electrons. The molecule has 0 radical (unpaired) electrons. The van der Waals surface area contributed by atoms with E-state index in [0.29, 0.717) is 13.0 Å². The number of nitrogens with one attached hydrogen (secondary N) is 1. The van der Waals surface area contributed by atoms with Crippen LogP contribution in [0, 0.1) is 0 Å². The summed E-state index contributed by atoms with van der Waals surface area (Å²) in [6.45, 7) is 2.42. The number of hydrogen-bond donors (Lipinski definition) is 2. The van der Waals surface area contributed by atoms with Crippen molar-refractivity contribution in [2.45, 2.75) is 44.6 Å². The fourth-order valence-electron chi connectivity index (χ4n) is 3.83. The van der Waals surface area contributed by atoms with Crippen LogP contribution < -0.4 is 15.2 Å². The molecule has 0 saturated carbocycles. The molecule has 3 rings (SSSR count). The molecule has 5 nitrogen and oxygen atoms in total. The second-order valence-electron chi connectivity index (χ2n) is 7.42. The maximum atomic E-state index is 11.7. The number of aryl methyl sites for hydroxylation is 1. The van der Waals surface area contributed by atoms with E-state index in [1.807, 2.05) is 19.1 Å². The van der Waals surface area contributed by atoms with Gasteiger partial charge in [-0.1, -0.05) is 43.3 Å². The Labute approximate surface area is 180 Å². The molecule has 2 aromatic rings. The highest BCUT2D eigenvalue weighted by molar-refractivity contribution is 7.89. The highest BCUT2D eigenvalue weighted by Gasteiger charge is 2.27. The topological polar surface area (TPSA) is 81.4 Å². The lowest BCUT2D eigenvalue weighted by Gasteiger charge is -2.32. The molecule has 0 aromatic heterocycles. The lowest BCUT2D eigenvalue weighted by molar-refractivity contribution is 0.321. The number of sulfonamides is 1. The number of benzene rings is 2. The highest BCUT2D eigenvalue weighted by Crippen LogP contribution is 2.35. The van der Waals surface area contributed by atoms with E-state index in [2.05, 4.69) is 41.1 Å². The van der Waals surface area contributed by atoms with Crippen molar-refractivity contribution in [3.63, 3.8) is 0 Å². The molecule has 0 saturated heterocycles. The van der Waals surface area contributed by atoms with Crippen molar-refractivity contribution in [2.24, 2.45) is 5.73 Å². The second-order valence-corrected chi connectivity index (χ2v) is 9.35. The molecule has 7 heteroatoms. The Kier molecular flexibility index (Phi) is 8.96. The minimum atomic E-state index is -3.20. The van der Waals surface area contributed by atoms with Crippen LogP contribution in [0.1, 0.15) is 42.4 Å². The zero-order valence-electron chi connectivity index (χ0n) is 16.8. The van der Waals surface area contributed by atoms with E-state index in [1.54, 1.807) is 0 Å². The van der Waals surface area contributed by atoms with Gasteiger partial charge in [-0.25, -0.2) is 13.1 Å². The van der Waals surface area contributed by atoms with E-state index < -0.39 is 10.0 Å². The predicted octanol–water partition coefficient (Wildman–Crippen LogP) is 3.42. The zero-order valence-corrected chi connectivity index (χ0v) is 18.5. The fraction of sp³-hybridized carbons (Fsp3) is 0.455. The summed E-state index contributed by atoms with van der Waals surface area (Å²) in [5.74, 6) is 1.17. The number of halogens is 1. The molecule has 0 heterocycles. The Morgan fingerprint density at radius 3 is 2.66 bits per heavy atom. The Morgan fingerprint density at radius 1 is 1.17 bits per heavy atom. The van der Waals surface area contributed by atoms with E-state index in [4.69, 9.17) is 10.5 Å². The maximum Gasteiger partial charge on any atom is 0.211 e. The third-order valence-electron chi connectivity index (χ3n) is 5.24. The molecule has 0 fully saturated rings. The maximum absolute atomic E-state index is 11.7. The molecule has 1 aliphatic rings. The van der Waals surface area contributed by atoms with Crippen LogP contribution in [0.15, 0.2) is 48.5 Å². The second kappa shape index (κ2) is 11.0. The summed E-state index contributed by atoms with van der Waals surface area (Å²) >= 11 is 0. The molecule has 0 bridgehead atoms. The van der Waals surface area contributed by atoms with E-state index in [0.717, 1.165) is 25.0 Å². The Hall–Kier alpha value is -1.60. The molecule has 0 aliphatic heterocycles. The van der Waals surface area contributed by atoms with Gasteiger partial charge in [-0.05, 0) is 54.5 Å². The smallest absolute Gasteiger partial charge is 0.211 e. The monoisotopic (exact) mass is 438 g/mol. The van der Waals surface area contributed by atoms with Crippen molar-refractivity contribution < 1.29 is 13.2 Å². The molecule has 0 spiro atoms. The minimum absolute atomic E-state index is 0. The molecule has 2 atom stereocenters. The average molecular weight is 439 g/mol. The SMILES string of the molecule is CCCS(=O)(=O)NCCOc1ccc2c(c1)C(Cc1ccccc1)C(N)CC2.Cl. The largest absolute Gasteiger partial charge is 0.492 e. The first-order valence-electron chi connectivity index (χ1n) is 10.0. The van der Waals surface area contributed by atoms with Crippen molar-refractivity contribution in [3.05, 3.63) is 65.2 Å². The molecular weight excluding hydrogens is 408 g/mol. The van der Waals surface area contributed by atoms with Crippen LogP contribution in [-0.4, -0.2) is 33.4 Å². The van der Waals surface area contributed by atoms with Gasteiger partial charge in [0.05, 0.1) is 5.75 Å². The Balaban J connectivity index is 0.00000300. The van der Waals surface area contributed by atoms with Crippen LogP contribution in [0.3, 0.4) is 0 Å². The van der Waals surface area contributed by atoms with Gasteiger partial charge in [0.2, 0.25) is 10.0 Å². The lowest BCUT2D eigenvalue weighted by atomic mass is 9.76. The summed E-state index contributed by atoms with van der Waals surface area (Å²) in [4.78, 5) is 0. The van der Waals surface area contributed by atoms with Crippen molar-refractivity contribution in [1.82, 2.24) is 4.72 Å². The molecule has 29 heavy (non-hydrogen) atoms. The van der Waals surface area contributed by atoms with Gasteiger partial charge in [-0.15, -0.1) is 12.4 Å². The first-order chi connectivity index (χ1) is 13.5. The van der Waals surface area contributed by atoms with Crippen LogP contribution in [0.25, 0.3) is 0 Å². The molecule has 3 N–H and O–H groups in total. The summed E-state index contributed by atoms with van der Waals surface area (Å²) in [6.07, 6.45) is 3.49. The Bertz CT molecular complexity index is 875. The third-order valence-corrected chi connectivity index (χ3v) is 6.83. The van der Waals surface area contributed by atoms with Crippen LogP contribution in [0.2, 0.25) is 0 Å². The lowest BCUT2D eigenvalue weighted by Crippen LogP contribution is -2.34. The first kappa shape index (κ1) is 23.7. The summed E-state index contributed by atoms with van der Waals surface area (Å²) in [5, 5.41) is 0. The van der Waals surface area contributed by atoms with Crippen LogP contribution in [0.4, 0.5) is 0 Å². The van der Waals surface area contributed by atoms with Gasteiger partial charge < -0.3 is 10.5 Å². The average Bonchev–Trinajstić information content (AvgIpc) is 2.68. The Morgan fingerprint density at radius 2 is 1.93 bits per heavy atom. The number of rotatable bonds is 9. The quantitative estimate of drug-likeness (QED) is 0.588. The van der Waals surface area contributed by atoms with Crippen molar-refractivity contribution in [3.8, 4) is 5.75 Å². The zero-order chi connectivity index (χ0) is 20.0. The predicted molar refractivity (Wildman–Crippen MR) is 120 cm³/mol. The van der Waals surface area contributed by atoms with E-state index in [-0.39, 0.29) is 36.7 Å². The van der Waals surface area contributed by atoms with Crippen LogP contribution >= 0.6 is 12.4 Å². The van der Waals surface area contributed by atoms with Gasteiger partial charge in [-0.3, -0.25) is 0 Å². The van der Waals surface area contributed by atoms with Gasteiger partial charge >= 0.3 is 0 Å². The first-order valence-corrected chi connectivity index (χ1v) is 11.7. The van der Waals surface area contributed by atoms with Crippen LogP contribution in [-0.2, 0) is 22.9 Å². The van der Waals surface area contributed by atoms with Gasteiger partial charge in [-0.2, -0.15) is 0 Å². The van der Waals surface area contributed by atoms with Gasteiger partial charge in [0.25, 0.3) is 0 Å². The third kappa shape index (κ3) is 6.71. The standard InChI is InChI=1S/C22H30N2O3S.ClH/c1-2-14-28(25,26)24-12-13-27-19-10-8-18-9-11-22(23)21(20(18)16-19)15-17-6-4-3-5-7-17;/h3-8,10,16,21-22,24H,2,9,11-15,23H2,1H3;1H. The summed E-state index contributed by atoms with van der Waals surface area (Å²) in [5.41, 5.74) is 10.3. The number of ether oxygens (including phenoxy) is 1. The van der Waals surface area contributed by atoms with Crippen molar-refractivity contribution >= 4 is 22.4 Å². The van der Waals surface area contributed by atoms with E-state index in [1.165, 1.54) is 16.7 Å². The number of hydrogen-bond acceptors (Lipinski definition) is 4. The van der Waals surface area contributed by atoms with Crippen molar-refractivity contribution in [2.75, 3.05) is 18.9 Å². The highest BCUT2D eigenvalue weighted by atomic mass is 35.5. The number of nitrogens with two attached hydrogens (primary N) is 1. The summed E-state index contributed by atoms with van der Waals surface area (Å²) in [6, 6.07) is 16.7. The van der Waals surface area contributed by atoms with E-state index >= 15 is 0 Å². The van der Waals surface area contributed by atoms with Gasteiger partial charge in [0, 0.05) is 18.5 Å². The van der Waals surface area contributed by atoms with E-state index in [9.17, 15) is 8.42 Å². The van der Waals surface area contributed by atoms with Gasteiger partial charge in [0.1, 0.15) is 12.4 Å². The molecule has 0 amide bonds. The van der Waals surface area contributed by atoms with Crippen LogP contribution in [0.5, 0.6) is 5.75 Å².